The van der Waals surface area contributed by atoms with Gasteiger partial charge in [-0.3, -0.25) is 0 Å². The Morgan fingerprint density at radius 1 is 1.09 bits per heavy atom. The normalized spacial score (nSPS) is 18.0. The average Bonchev–Trinajstić information content (AvgIpc) is 2.56. The number of aliphatic imine (C=N–C) groups is 1. The number of hydrogen-bond donors (Lipinski definition) is 2. The number of nitrogens with zero attached hydrogens (tertiary/aromatic N) is 1. The molecule has 120 valence electrons. The zero-order valence-corrected chi connectivity index (χ0v) is 14.2. The van der Waals surface area contributed by atoms with Gasteiger partial charge in [-0.25, -0.2) is 4.99 Å². The number of rotatable bonds is 4. The number of hydrogen-bond acceptors (Lipinski definition) is 2. The second-order valence-electron chi connectivity index (χ2n) is 5.20. The molecule has 1 heterocycles. The fourth-order valence-electron chi connectivity index (χ4n) is 2.47. The number of ether oxygens (including phenoxy) is 1. The molecule has 1 atom stereocenters. The molecule has 0 aliphatic carbocycles. The summed E-state index contributed by atoms with van der Waals surface area (Å²) in [4.78, 5) is 4.49. The van der Waals surface area contributed by atoms with Crippen molar-refractivity contribution in [2.24, 2.45) is 4.99 Å². The van der Waals surface area contributed by atoms with E-state index < -0.39 is 0 Å². The van der Waals surface area contributed by atoms with Gasteiger partial charge >= 0.3 is 0 Å². The topological polar surface area (TPSA) is 45.7 Å². The zero-order valence-electron chi connectivity index (χ0n) is 12.6. The Morgan fingerprint density at radius 3 is 2.61 bits per heavy atom. The lowest BCUT2D eigenvalue weighted by Gasteiger charge is -2.29. The van der Waals surface area contributed by atoms with Gasteiger partial charge in [0, 0.05) is 10.6 Å². The Hall–Kier alpha value is -1.91. The lowest BCUT2D eigenvalue weighted by atomic mass is 10.0. The van der Waals surface area contributed by atoms with Crippen LogP contribution in [0.5, 0.6) is 5.75 Å². The minimum atomic E-state index is 0.0336. The second-order valence-corrected chi connectivity index (χ2v) is 6.02. The van der Waals surface area contributed by atoms with Crippen LogP contribution in [0.25, 0.3) is 0 Å². The molecule has 4 nitrogen and oxygen atoms in total. The minimum absolute atomic E-state index is 0.0336. The van der Waals surface area contributed by atoms with Crippen molar-refractivity contribution in [3.05, 3.63) is 58.1 Å². The van der Waals surface area contributed by atoms with E-state index in [2.05, 4.69) is 15.6 Å². The lowest BCUT2D eigenvalue weighted by Crippen LogP contribution is -2.38. The Balaban J connectivity index is 1.65. The van der Waals surface area contributed by atoms with Gasteiger partial charge in [-0.05, 0) is 31.2 Å². The third-order valence-corrected chi connectivity index (χ3v) is 4.19. The summed E-state index contributed by atoms with van der Waals surface area (Å²) in [6, 6.07) is 13.3. The van der Waals surface area contributed by atoms with Crippen molar-refractivity contribution in [3.8, 4) is 5.75 Å². The van der Waals surface area contributed by atoms with Gasteiger partial charge in [0.15, 0.2) is 5.96 Å². The van der Waals surface area contributed by atoms with Crippen molar-refractivity contribution in [2.45, 2.75) is 13.0 Å². The number of halogens is 2. The monoisotopic (exact) mass is 349 g/mol. The summed E-state index contributed by atoms with van der Waals surface area (Å²) in [5.74, 6) is 1.51. The first-order valence-corrected chi connectivity index (χ1v) is 8.14. The van der Waals surface area contributed by atoms with Crippen LogP contribution in [0.1, 0.15) is 18.5 Å². The molecule has 2 aromatic rings. The largest absolute Gasteiger partial charge is 0.492 e. The van der Waals surface area contributed by atoms with Crippen LogP contribution in [0.15, 0.2) is 47.5 Å². The maximum Gasteiger partial charge on any atom is 0.196 e. The third kappa shape index (κ3) is 3.71. The van der Waals surface area contributed by atoms with Gasteiger partial charge in [0.25, 0.3) is 0 Å². The fraction of sp³-hybridized carbons (Fsp3) is 0.235. The zero-order chi connectivity index (χ0) is 16.2. The first-order valence-electron chi connectivity index (χ1n) is 7.39. The Morgan fingerprint density at radius 2 is 1.83 bits per heavy atom. The van der Waals surface area contributed by atoms with Crippen molar-refractivity contribution >= 4 is 34.8 Å². The summed E-state index contributed by atoms with van der Waals surface area (Å²) in [6.45, 7) is 3.06. The summed E-state index contributed by atoms with van der Waals surface area (Å²) >= 11 is 12.5. The Bertz CT molecular complexity index is 719. The van der Waals surface area contributed by atoms with Gasteiger partial charge in [-0.2, -0.15) is 0 Å². The highest BCUT2D eigenvalue weighted by molar-refractivity contribution is 6.36. The van der Waals surface area contributed by atoms with Crippen LogP contribution in [-0.4, -0.2) is 19.1 Å². The summed E-state index contributed by atoms with van der Waals surface area (Å²) in [5, 5.41) is 7.80. The van der Waals surface area contributed by atoms with Crippen LogP contribution in [0.2, 0.25) is 10.0 Å². The van der Waals surface area contributed by atoms with Crippen molar-refractivity contribution < 1.29 is 4.74 Å². The van der Waals surface area contributed by atoms with Crippen LogP contribution in [-0.2, 0) is 0 Å². The Kier molecular flexibility index (Phi) is 4.94. The van der Waals surface area contributed by atoms with Crippen LogP contribution < -0.4 is 15.4 Å². The molecular formula is C17H17Cl2N3O. The molecule has 3 rings (SSSR count). The molecule has 0 saturated heterocycles. The highest BCUT2D eigenvalue weighted by atomic mass is 35.5. The SMILES string of the molecule is CC1NC(=NCCOc2ccccc2)Nc2c(Cl)ccc(Cl)c21. The van der Waals surface area contributed by atoms with Gasteiger partial charge in [0.2, 0.25) is 0 Å². The summed E-state index contributed by atoms with van der Waals surface area (Å²) in [6.07, 6.45) is 0. The lowest BCUT2D eigenvalue weighted by molar-refractivity contribution is 0.328. The maximum atomic E-state index is 6.26. The molecule has 0 spiro atoms. The van der Waals surface area contributed by atoms with Crippen LogP contribution in [0.3, 0.4) is 0 Å². The van der Waals surface area contributed by atoms with E-state index in [1.165, 1.54) is 0 Å². The predicted octanol–water partition coefficient (Wildman–Crippen LogP) is 4.50. The summed E-state index contributed by atoms with van der Waals surface area (Å²) < 4.78 is 5.63. The predicted molar refractivity (Wildman–Crippen MR) is 95.9 cm³/mol. The van der Waals surface area contributed by atoms with Gasteiger partial charge in [0.05, 0.1) is 23.3 Å². The second kappa shape index (κ2) is 7.11. The molecule has 6 heteroatoms. The molecule has 0 amide bonds. The average molecular weight is 350 g/mol. The standard InChI is InChI=1S/C17H17Cl2N3O/c1-11-15-13(18)7-8-14(19)16(15)22-17(21-11)20-9-10-23-12-5-3-2-4-6-12/h2-8,11H,9-10H2,1H3,(H2,20,21,22). The highest BCUT2D eigenvalue weighted by Crippen LogP contribution is 2.38. The molecule has 1 unspecified atom stereocenters. The van der Waals surface area contributed by atoms with Crippen LogP contribution >= 0.6 is 23.2 Å². The van der Waals surface area contributed by atoms with E-state index in [4.69, 9.17) is 27.9 Å². The van der Waals surface area contributed by atoms with Crippen LogP contribution in [0, 0.1) is 0 Å². The van der Waals surface area contributed by atoms with Crippen molar-refractivity contribution in [2.75, 3.05) is 18.5 Å². The molecule has 1 aliphatic heterocycles. The van der Waals surface area contributed by atoms with E-state index >= 15 is 0 Å². The molecular weight excluding hydrogens is 333 g/mol. The minimum Gasteiger partial charge on any atom is -0.492 e. The van der Waals surface area contributed by atoms with Crippen molar-refractivity contribution in [1.82, 2.24) is 5.32 Å². The highest BCUT2D eigenvalue weighted by Gasteiger charge is 2.24. The number of guanidine groups is 1. The Labute approximate surface area is 145 Å². The molecule has 0 aromatic heterocycles. The molecule has 1 aliphatic rings. The van der Waals surface area contributed by atoms with E-state index in [0.29, 0.717) is 29.2 Å². The van der Waals surface area contributed by atoms with Crippen LogP contribution in [0.4, 0.5) is 5.69 Å². The van der Waals surface area contributed by atoms with E-state index in [9.17, 15) is 0 Å². The van der Waals surface area contributed by atoms with E-state index in [1.807, 2.05) is 37.3 Å². The van der Waals surface area contributed by atoms with Crippen molar-refractivity contribution in [1.29, 1.82) is 0 Å². The van der Waals surface area contributed by atoms with Gasteiger partial charge in [-0.15, -0.1) is 0 Å². The summed E-state index contributed by atoms with van der Waals surface area (Å²) in [5.41, 5.74) is 1.77. The number of nitrogens with one attached hydrogen (secondary N) is 2. The van der Waals surface area contributed by atoms with Gasteiger partial charge in [0.1, 0.15) is 12.4 Å². The smallest absolute Gasteiger partial charge is 0.196 e. The number of benzene rings is 2. The molecule has 0 saturated carbocycles. The summed E-state index contributed by atoms with van der Waals surface area (Å²) in [7, 11) is 0. The quantitative estimate of drug-likeness (QED) is 0.798. The van der Waals surface area contributed by atoms with E-state index in [0.717, 1.165) is 17.0 Å². The maximum absolute atomic E-state index is 6.26. The molecule has 0 fully saturated rings. The number of anilines is 1. The van der Waals surface area contributed by atoms with Crippen molar-refractivity contribution in [3.63, 3.8) is 0 Å². The molecule has 0 radical (unpaired) electrons. The van der Waals surface area contributed by atoms with Gasteiger partial charge in [-0.1, -0.05) is 41.4 Å². The number of para-hydroxylation sites is 1. The first kappa shape index (κ1) is 16.0. The molecule has 23 heavy (non-hydrogen) atoms. The fourth-order valence-corrected chi connectivity index (χ4v) is 3.01. The molecule has 2 aromatic carbocycles. The first-order chi connectivity index (χ1) is 11.1. The molecule has 2 N–H and O–H groups in total. The van der Waals surface area contributed by atoms with E-state index in [1.54, 1.807) is 12.1 Å². The van der Waals surface area contributed by atoms with Gasteiger partial charge < -0.3 is 15.4 Å². The van der Waals surface area contributed by atoms with E-state index in [-0.39, 0.29) is 6.04 Å². The number of fused-ring (bicyclic) bond motifs is 1. The third-order valence-electron chi connectivity index (χ3n) is 3.54. The molecule has 0 bridgehead atoms.